The monoisotopic (exact) mass is 217 g/mol. The van der Waals surface area contributed by atoms with Gasteiger partial charge in [0.15, 0.2) is 0 Å². The molecule has 0 radical (unpaired) electrons. The van der Waals surface area contributed by atoms with Crippen LogP contribution in [0.25, 0.3) is 0 Å². The minimum absolute atomic E-state index is 0.191. The third kappa shape index (κ3) is 4.57. The molecule has 15 heavy (non-hydrogen) atoms. The fraction of sp³-hybridized carbons (Fsp3) is 0.556. The van der Waals surface area contributed by atoms with E-state index in [1.54, 1.807) is 13.8 Å². The number of aliphatic hydroxyl groups excluding tert-OH is 2. The first kappa shape index (κ1) is 13.6. The van der Waals surface area contributed by atoms with Crippen molar-refractivity contribution in [1.82, 2.24) is 5.32 Å². The van der Waals surface area contributed by atoms with Gasteiger partial charge in [0.2, 0.25) is 0 Å². The summed E-state index contributed by atoms with van der Waals surface area (Å²) in [6.45, 7) is 2.96. The van der Waals surface area contributed by atoms with E-state index in [-0.39, 0.29) is 13.1 Å². The molecule has 0 unspecified atom stereocenters. The summed E-state index contributed by atoms with van der Waals surface area (Å²) < 4.78 is 4.17. The van der Waals surface area contributed by atoms with Gasteiger partial charge >= 0.3 is 0 Å². The van der Waals surface area contributed by atoms with Crippen LogP contribution >= 0.6 is 0 Å². The van der Waals surface area contributed by atoms with Crippen molar-refractivity contribution in [2.45, 2.75) is 20.0 Å². The lowest BCUT2D eigenvalue weighted by atomic mass is 9.87. The van der Waals surface area contributed by atoms with Gasteiger partial charge in [-0.2, -0.15) is 0 Å². The summed E-state index contributed by atoms with van der Waals surface area (Å²) in [7, 11) is 0. The maximum absolute atomic E-state index is 11.2. The highest BCUT2D eigenvalue weighted by atomic mass is 16.5. The van der Waals surface area contributed by atoms with E-state index in [4.69, 9.17) is 5.11 Å². The molecule has 1 amide bonds. The Bertz CT molecular complexity index is 249. The number of carbonyl (C=O) groups excluding carboxylic acids is 2. The number of ether oxygens (including phenoxy) is 1. The molecule has 3 N–H and O–H groups in total. The lowest BCUT2D eigenvalue weighted by molar-refractivity contribution is -0.136. The molecule has 0 saturated carbocycles. The number of nitrogens with one attached hydrogen (secondary N) is 1. The van der Waals surface area contributed by atoms with Crippen molar-refractivity contribution in [2.75, 3.05) is 6.61 Å². The SMILES string of the molecule is CC(C)(CO)[C@@H](O)C(=O)NC=COC=O. The summed E-state index contributed by atoms with van der Waals surface area (Å²) in [6.07, 6.45) is 0.695. The summed E-state index contributed by atoms with van der Waals surface area (Å²) in [5, 5.41) is 20.6. The summed E-state index contributed by atoms with van der Waals surface area (Å²) >= 11 is 0. The second kappa shape index (κ2) is 6.15. The molecular weight excluding hydrogens is 202 g/mol. The third-order valence-electron chi connectivity index (χ3n) is 1.82. The lowest BCUT2D eigenvalue weighted by Crippen LogP contribution is -2.44. The lowest BCUT2D eigenvalue weighted by Gasteiger charge is -2.26. The number of aliphatic hydroxyl groups is 2. The molecule has 0 saturated heterocycles. The van der Waals surface area contributed by atoms with E-state index in [9.17, 15) is 14.7 Å². The van der Waals surface area contributed by atoms with E-state index in [2.05, 4.69) is 10.1 Å². The zero-order valence-corrected chi connectivity index (χ0v) is 8.64. The van der Waals surface area contributed by atoms with E-state index in [0.717, 1.165) is 12.5 Å². The summed E-state index contributed by atoms with van der Waals surface area (Å²) in [6, 6.07) is 0. The summed E-state index contributed by atoms with van der Waals surface area (Å²) in [4.78, 5) is 21.0. The number of hydrogen-bond donors (Lipinski definition) is 3. The summed E-state index contributed by atoms with van der Waals surface area (Å²) in [5.74, 6) is -0.681. The maximum atomic E-state index is 11.2. The molecule has 0 aromatic heterocycles. The molecule has 0 rings (SSSR count). The molecule has 0 aliphatic heterocycles. The van der Waals surface area contributed by atoms with Gasteiger partial charge in [-0.1, -0.05) is 13.8 Å². The Hall–Kier alpha value is -1.40. The van der Waals surface area contributed by atoms with Crippen molar-refractivity contribution >= 4 is 12.4 Å². The van der Waals surface area contributed by atoms with Crippen molar-refractivity contribution in [3.05, 3.63) is 12.5 Å². The fourth-order valence-corrected chi connectivity index (χ4v) is 0.708. The second-order valence-electron chi connectivity index (χ2n) is 3.59. The highest BCUT2D eigenvalue weighted by Crippen LogP contribution is 2.19. The van der Waals surface area contributed by atoms with Crippen LogP contribution in [0.4, 0.5) is 0 Å². The van der Waals surface area contributed by atoms with Crippen LogP contribution in [0.1, 0.15) is 13.8 Å². The highest BCUT2D eigenvalue weighted by Gasteiger charge is 2.32. The Morgan fingerprint density at radius 3 is 2.67 bits per heavy atom. The Labute approximate surface area is 87.5 Å². The van der Waals surface area contributed by atoms with Gasteiger partial charge in [0.1, 0.15) is 12.4 Å². The molecule has 0 aliphatic rings. The molecule has 6 nitrogen and oxygen atoms in total. The van der Waals surface area contributed by atoms with Gasteiger partial charge < -0.3 is 20.3 Å². The Kier molecular flexibility index (Phi) is 5.58. The molecule has 0 aromatic carbocycles. The standard InChI is InChI=1S/C9H15NO5/c1-9(2,5-11)7(13)8(14)10-3-4-15-6-12/h3-4,6-7,11,13H,5H2,1-2H3,(H,10,14)/t7-/m0/s1. The number of rotatable bonds is 6. The van der Waals surface area contributed by atoms with Crippen LogP contribution in [-0.4, -0.2) is 35.3 Å². The number of amides is 1. The molecule has 0 aromatic rings. The first-order valence-corrected chi connectivity index (χ1v) is 4.29. The predicted octanol–water partition coefficient (Wildman–Crippen LogP) is -0.874. The van der Waals surface area contributed by atoms with E-state index < -0.39 is 17.4 Å². The van der Waals surface area contributed by atoms with Crippen LogP contribution in [0.15, 0.2) is 12.5 Å². The topological polar surface area (TPSA) is 95.9 Å². The van der Waals surface area contributed by atoms with Gasteiger partial charge in [-0.25, -0.2) is 0 Å². The minimum atomic E-state index is -1.34. The number of carbonyl (C=O) groups is 2. The third-order valence-corrected chi connectivity index (χ3v) is 1.82. The largest absolute Gasteiger partial charge is 0.435 e. The van der Waals surface area contributed by atoms with E-state index in [1.165, 1.54) is 0 Å². The van der Waals surface area contributed by atoms with Crippen LogP contribution in [0.5, 0.6) is 0 Å². The average molecular weight is 217 g/mol. The van der Waals surface area contributed by atoms with Gasteiger partial charge in [0, 0.05) is 11.6 Å². The quantitative estimate of drug-likeness (QED) is 0.397. The second-order valence-corrected chi connectivity index (χ2v) is 3.59. The zero-order chi connectivity index (χ0) is 11.9. The molecule has 0 spiro atoms. The van der Waals surface area contributed by atoms with Crippen LogP contribution < -0.4 is 5.32 Å². The molecule has 0 bridgehead atoms. The zero-order valence-electron chi connectivity index (χ0n) is 8.64. The van der Waals surface area contributed by atoms with Crippen LogP contribution in [0, 0.1) is 5.41 Å². The fourth-order valence-electron chi connectivity index (χ4n) is 0.708. The van der Waals surface area contributed by atoms with Gasteiger partial charge in [-0.3, -0.25) is 9.59 Å². The van der Waals surface area contributed by atoms with Crippen LogP contribution in [0.2, 0.25) is 0 Å². The average Bonchev–Trinajstić information content (AvgIpc) is 2.23. The molecule has 0 fully saturated rings. The first-order valence-electron chi connectivity index (χ1n) is 4.29. The first-order chi connectivity index (χ1) is 6.95. The van der Waals surface area contributed by atoms with Crippen molar-refractivity contribution in [1.29, 1.82) is 0 Å². The molecule has 0 aliphatic carbocycles. The number of hydrogen-bond acceptors (Lipinski definition) is 5. The van der Waals surface area contributed by atoms with Gasteiger partial charge in [0.05, 0.1) is 6.61 Å². The molecular formula is C9H15NO5. The Morgan fingerprint density at radius 1 is 1.60 bits per heavy atom. The van der Waals surface area contributed by atoms with Crippen molar-refractivity contribution in [3.63, 3.8) is 0 Å². The normalized spacial score (nSPS) is 13.6. The summed E-state index contributed by atoms with van der Waals surface area (Å²) in [5.41, 5.74) is -0.927. The predicted molar refractivity (Wildman–Crippen MR) is 51.3 cm³/mol. The van der Waals surface area contributed by atoms with Crippen LogP contribution in [-0.2, 0) is 14.3 Å². The molecule has 6 heteroatoms. The van der Waals surface area contributed by atoms with Gasteiger partial charge in [0.25, 0.3) is 12.4 Å². The molecule has 86 valence electrons. The van der Waals surface area contributed by atoms with E-state index >= 15 is 0 Å². The Morgan fingerprint density at radius 2 is 2.20 bits per heavy atom. The molecule has 1 atom stereocenters. The Balaban J connectivity index is 4.16. The van der Waals surface area contributed by atoms with Crippen molar-refractivity contribution in [3.8, 4) is 0 Å². The molecule has 0 heterocycles. The highest BCUT2D eigenvalue weighted by molar-refractivity contribution is 5.82. The smallest absolute Gasteiger partial charge is 0.297 e. The van der Waals surface area contributed by atoms with Gasteiger partial charge in [-0.15, -0.1) is 0 Å². The maximum Gasteiger partial charge on any atom is 0.297 e. The van der Waals surface area contributed by atoms with E-state index in [1.807, 2.05) is 0 Å². The van der Waals surface area contributed by atoms with Crippen molar-refractivity contribution in [2.24, 2.45) is 5.41 Å². The minimum Gasteiger partial charge on any atom is -0.435 e. The van der Waals surface area contributed by atoms with Gasteiger partial charge in [-0.05, 0) is 0 Å². The van der Waals surface area contributed by atoms with E-state index in [0.29, 0.717) is 0 Å². The van der Waals surface area contributed by atoms with Crippen LogP contribution in [0.3, 0.4) is 0 Å². The van der Waals surface area contributed by atoms with Crippen molar-refractivity contribution < 1.29 is 24.5 Å².